The van der Waals surface area contributed by atoms with E-state index >= 15 is 0 Å². The van der Waals surface area contributed by atoms with Gasteiger partial charge in [-0.3, -0.25) is 4.68 Å². The molecular weight excluding hydrogens is 282 g/mol. The molecule has 2 N–H and O–H groups in total. The van der Waals surface area contributed by atoms with E-state index in [0.717, 1.165) is 27.0 Å². The Morgan fingerprint density at radius 2 is 2.24 bits per heavy atom. The molecule has 0 spiro atoms. The predicted molar refractivity (Wildman–Crippen MR) is 71.8 cm³/mol. The van der Waals surface area contributed by atoms with Gasteiger partial charge < -0.3 is 10.4 Å². The highest BCUT2D eigenvalue weighted by Crippen LogP contribution is 2.32. The van der Waals surface area contributed by atoms with Gasteiger partial charge in [-0.25, -0.2) is 0 Å². The van der Waals surface area contributed by atoms with Crippen molar-refractivity contribution in [1.29, 1.82) is 0 Å². The number of benzene rings is 1. The number of halogens is 1. The highest BCUT2D eigenvalue weighted by Gasteiger charge is 2.13. The molecule has 0 saturated carbocycles. The van der Waals surface area contributed by atoms with Crippen LogP contribution in [0.25, 0.3) is 11.3 Å². The average Bonchev–Trinajstić information content (AvgIpc) is 2.68. The van der Waals surface area contributed by atoms with E-state index in [1.807, 2.05) is 32.3 Å². The summed E-state index contributed by atoms with van der Waals surface area (Å²) in [6.07, 6.45) is 1.75. The van der Waals surface area contributed by atoms with Gasteiger partial charge in [0, 0.05) is 25.3 Å². The highest BCUT2D eigenvalue weighted by atomic mass is 79.9. The minimum absolute atomic E-state index is 0.0109. The summed E-state index contributed by atoms with van der Waals surface area (Å²) in [7, 11) is 3.75. The molecule has 0 aliphatic heterocycles. The molecule has 4 nitrogen and oxygen atoms in total. The lowest BCUT2D eigenvalue weighted by Gasteiger charge is -2.11. The number of hydrogen-bond donors (Lipinski definition) is 2. The van der Waals surface area contributed by atoms with Gasteiger partial charge in [0.2, 0.25) is 0 Å². The van der Waals surface area contributed by atoms with Crippen molar-refractivity contribution in [2.45, 2.75) is 6.61 Å². The SMILES string of the molecule is CNc1ccc(CO)c(-c2c(Br)cnn2C)c1. The molecule has 1 aromatic heterocycles. The Morgan fingerprint density at radius 3 is 2.76 bits per heavy atom. The van der Waals surface area contributed by atoms with Gasteiger partial charge in [0.15, 0.2) is 0 Å². The third-order valence-corrected chi connectivity index (χ3v) is 3.30. The summed E-state index contributed by atoms with van der Waals surface area (Å²) in [5.74, 6) is 0. The van der Waals surface area contributed by atoms with Gasteiger partial charge in [-0.15, -0.1) is 0 Å². The number of anilines is 1. The fourth-order valence-corrected chi connectivity index (χ4v) is 2.37. The Kier molecular flexibility index (Phi) is 3.49. The van der Waals surface area contributed by atoms with Crippen molar-refractivity contribution < 1.29 is 5.11 Å². The van der Waals surface area contributed by atoms with Crippen LogP contribution in [-0.2, 0) is 13.7 Å². The minimum Gasteiger partial charge on any atom is -0.392 e. The van der Waals surface area contributed by atoms with E-state index in [4.69, 9.17) is 0 Å². The largest absolute Gasteiger partial charge is 0.392 e. The van der Waals surface area contributed by atoms with Crippen molar-refractivity contribution in [1.82, 2.24) is 9.78 Å². The second-order valence-electron chi connectivity index (χ2n) is 3.74. The number of nitrogens with one attached hydrogen (secondary N) is 1. The number of aromatic nitrogens is 2. The molecule has 0 aliphatic carbocycles. The van der Waals surface area contributed by atoms with Gasteiger partial charge in [-0.2, -0.15) is 5.10 Å². The Balaban J connectivity index is 2.64. The summed E-state index contributed by atoms with van der Waals surface area (Å²) in [4.78, 5) is 0. The molecule has 0 radical (unpaired) electrons. The average molecular weight is 296 g/mol. The number of rotatable bonds is 3. The molecule has 90 valence electrons. The Morgan fingerprint density at radius 1 is 1.47 bits per heavy atom. The van der Waals surface area contributed by atoms with Crippen LogP contribution in [0.4, 0.5) is 5.69 Å². The van der Waals surface area contributed by atoms with Crippen molar-refractivity contribution in [3.05, 3.63) is 34.4 Å². The van der Waals surface area contributed by atoms with Gasteiger partial charge in [0.1, 0.15) is 0 Å². The van der Waals surface area contributed by atoms with E-state index in [1.165, 1.54) is 0 Å². The molecule has 2 rings (SSSR count). The second-order valence-corrected chi connectivity index (χ2v) is 4.60. The van der Waals surface area contributed by atoms with Crippen LogP contribution in [0.5, 0.6) is 0 Å². The van der Waals surface area contributed by atoms with E-state index in [2.05, 4.69) is 26.3 Å². The topological polar surface area (TPSA) is 50.1 Å². The monoisotopic (exact) mass is 295 g/mol. The van der Waals surface area contributed by atoms with Crippen LogP contribution >= 0.6 is 15.9 Å². The number of aliphatic hydroxyl groups excluding tert-OH is 1. The first-order valence-electron chi connectivity index (χ1n) is 5.26. The van der Waals surface area contributed by atoms with Crippen molar-refractivity contribution in [3.8, 4) is 11.3 Å². The maximum absolute atomic E-state index is 9.40. The lowest BCUT2D eigenvalue weighted by Crippen LogP contribution is -1.99. The van der Waals surface area contributed by atoms with Crippen LogP contribution < -0.4 is 5.32 Å². The molecule has 0 saturated heterocycles. The van der Waals surface area contributed by atoms with Crippen molar-refractivity contribution in [2.75, 3.05) is 12.4 Å². The van der Waals surface area contributed by atoms with Crippen LogP contribution in [0.15, 0.2) is 28.9 Å². The van der Waals surface area contributed by atoms with E-state index < -0.39 is 0 Å². The fraction of sp³-hybridized carbons (Fsp3) is 0.250. The summed E-state index contributed by atoms with van der Waals surface area (Å²) >= 11 is 3.48. The Bertz CT molecular complexity index is 517. The molecular formula is C12H14BrN3O. The molecule has 0 bridgehead atoms. The third-order valence-electron chi connectivity index (χ3n) is 2.72. The fourth-order valence-electron chi connectivity index (χ4n) is 1.80. The summed E-state index contributed by atoms with van der Waals surface area (Å²) < 4.78 is 2.71. The zero-order valence-corrected chi connectivity index (χ0v) is 11.3. The van der Waals surface area contributed by atoms with Crippen LogP contribution in [0.1, 0.15) is 5.56 Å². The molecule has 17 heavy (non-hydrogen) atoms. The normalized spacial score (nSPS) is 10.6. The zero-order valence-electron chi connectivity index (χ0n) is 9.74. The Hall–Kier alpha value is -1.33. The van der Waals surface area contributed by atoms with E-state index in [-0.39, 0.29) is 6.61 Å². The van der Waals surface area contributed by atoms with E-state index in [9.17, 15) is 5.11 Å². The van der Waals surface area contributed by atoms with Crippen LogP contribution in [-0.4, -0.2) is 21.9 Å². The first-order valence-corrected chi connectivity index (χ1v) is 6.06. The standard InChI is InChI=1S/C12H14BrN3O/c1-14-9-4-3-8(7-17)10(5-9)12-11(13)6-15-16(12)2/h3-6,14,17H,7H2,1-2H3. The molecule has 1 heterocycles. The predicted octanol–water partition coefficient (Wildman–Crippen LogP) is 2.38. The number of aryl methyl sites for hydroxylation is 1. The second kappa shape index (κ2) is 4.89. The van der Waals surface area contributed by atoms with Crippen LogP contribution in [0, 0.1) is 0 Å². The molecule has 0 unspecified atom stereocenters. The Labute approximate surface area is 108 Å². The number of hydrogen-bond acceptors (Lipinski definition) is 3. The third kappa shape index (κ3) is 2.21. The minimum atomic E-state index is 0.0109. The molecule has 0 fully saturated rings. The maximum Gasteiger partial charge on any atom is 0.0825 e. The number of nitrogens with zero attached hydrogens (tertiary/aromatic N) is 2. The molecule has 0 amide bonds. The maximum atomic E-state index is 9.40. The lowest BCUT2D eigenvalue weighted by molar-refractivity contribution is 0.282. The summed E-state index contributed by atoms with van der Waals surface area (Å²) in [6, 6.07) is 5.87. The summed E-state index contributed by atoms with van der Waals surface area (Å²) in [5.41, 5.74) is 3.83. The van der Waals surface area contributed by atoms with Crippen LogP contribution in [0.2, 0.25) is 0 Å². The van der Waals surface area contributed by atoms with Gasteiger partial charge in [-0.05, 0) is 33.6 Å². The first kappa shape index (κ1) is 12.1. The highest BCUT2D eigenvalue weighted by molar-refractivity contribution is 9.10. The van der Waals surface area contributed by atoms with Crippen molar-refractivity contribution >= 4 is 21.6 Å². The van der Waals surface area contributed by atoms with E-state index in [0.29, 0.717) is 0 Å². The van der Waals surface area contributed by atoms with Gasteiger partial charge in [-0.1, -0.05) is 6.07 Å². The van der Waals surface area contributed by atoms with Crippen molar-refractivity contribution in [3.63, 3.8) is 0 Å². The first-order chi connectivity index (χ1) is 8.17. The molecule has 5 heteroatoms. The van der Waals surface area contributed by atoms with Gasteiger partial charge in [0.25, 0.3) is 0 Å². The molecule has 0 aliphatic rings. The molecule has 1 aromatic carbocycles. The van der Waals surface area contributed by atoms with Crippen molar-refractivity contribution in [2.24, 2.45) is 7.05 Å². The molecule has 2 aromatic rings. The zero-order chi connectivity index (χ0) is 12.4. The smallest absolute Gasteiger partial charge is 0.0825 e. The number of aliphatic hydroxyl groups is 1. The summed E-state index contributed by atoms with van der Waals surface area (Å²) in [6.45, 7) is 0.0109. The lowest BCUT2D eigenvalue weighted by atomic mass is 10.0. The van der Waals surface area contributed by atoms with Gasteiger partial charge >= 0.3 is 0 Å². The quantitative estimate of drug-likeness (QED) is 0.914. The van der Waals surface area contributed by atoms with Crippen LogP contribution in [0.3, 0.4) is 0 Å². The van der Waals surface area contributed by atoms with E-state index in [1.54, 1.807) is 10.9 Å². The summed E-state index contributed by atoms with van der Waals surface area (Å²) in [5, 5.41) is 16.7. The van der Waals surface area contributed by atoms with Gasteiger partial charge in [0.05, 0.1) is 23.0 Å². The molecule has 0 atom stereocenters.